The SMILES string of the molecule is c1ccc(-c2ccc(-c3cc(-c4cccc(-c5ccccc5)c4)cc(-c4ccc(-c5nc(-c6ccccn6)nc(-c6ccccn6)n5)cc4-c4ccccc4)c3)cc2)cc1. The van der Waals surface area contributed by atoms with Gasteiger partial charge >= 0.3 is 0 Å². The Morgan fingerprint density at radius 1 is 0.217 bits per heavy atom. The van der Waals surface area contributed by atoms with E-state index in [1.807, 2.05) is 36.4 Å². The molecule has 0 aliphatic rings. The van der Waals surface area contributed by atoms with E-state index in [0.717, 1.165) is 50.1 Å². The molecule has 5 heteroatoms. The molecule has 0 saturated carbocycles. The van der Waals surface area contributed by atoms with Crippen LogP contribution in [0.1, 0.15) is 0 Å². The van der Waals surface area contributed by atoms with Crippen molar-refractivity contribution in [3.05, 3.63) is 225 Å². The van der Waals surface area contributed by atoms with Gasteiger partial charge in [-0.15, -0.1) is 0 Å². The number of rotatable bonds is 9. The van der Waals surface area contributed by atoms with E-state index in [2.05, 4.69) is 186 Å². The summed E-state index contributed by atoms with van der Waals surface area (Å²) in [4.78, 5) is 24.0. The van der Waals surface area contributed by atoms with Crippen molar-refractivity contribution in [1.82, 2.24) is 24.9 Å². The van der Waals surface area contributed by atoms with Gasteiger partial charge < -0.3 is 0 Å². The highest BCUT2D eigenvalue weighted by Gasteiger charge is 2.18. The van der Waals surface area contributed by atoms with Crippen LogP contribution in [-0.2, 0) is 0 Å². The molecule has 3 aromatic heterocycles. The summed E-state index contributed by atoms with van der Waals surface area (Å²) >= 11 is 0. The quantitative estimate of drug-likeness (QED) is 0.146. The second-order valence-corrected chi connectivity index (χ2v) is 14.6. The number of pyridine rings is 2. The molecule has 0 unspecified atom stereocenters. The summed E-state index contributed by atoms with van der Waals surface area (Å²) in [6.45, 7) is 0. The summed E-state index contributed by atoms with van der Waals surface area (Å²) in [5, 5.41) is 0. The van der Waals surface area contributed by atoms with Crippen molar-refractivity contribution < 1.29 is 0 Å². The van der Waals surface area contributed by atoms with Gasteiger partial charge in [0.25, 0.3) is 0 Å². The fraction of sp³-hybridized carbons (Fsp3) is 0. The van der Waals surface area contributed by atoms with E-state index in [0.29, 0.717) is 28.9 Å². The van der Waals surface area contributed by atoms with Crippen LogP contribution in [0.25, 0.3) is 101 Å². The van der Waals surface area contributed by atoms with Crippen molar-refractivity contribution >= 4 is 0 Å². The fourth-order valence-electron chi connectivity index (χ4n) is 7.63. The van der Waals surface area contributed by atoms with Crippen LogP contribution < -0.4 is 0 Å². The van der Waals surface area contributed by atoms with Gasteiger partial charge in [-0.1, -0.05) is 158 Å². The average molecular weight is 768 g/mol. The Balaban J connectivity index is 1.15. The van der Waals surface area contributed by atoms with Gasteiger partial charge in [-0.25, -0.2) is 15.0 Å². The summed E-state index contributed by atoms with van der Waals surface area (Å²) in [7, 11) is 0. The zero-order valence-electron chi connectivity index (χ0n) is 32.6. The predicted octanol–water partition coefficient (Wildman–Crippen LogP) is 13.7. The third kappa shape index (κ3) is 7.63. The molecule has 0 saturated heterocycles. The minimum atomic E-state index is 0.486. The zero-order chi connectivity index (χ0) is 40.1. The molecular formula is C55H37N5. The normalized spacial score (nSPS) is 11.0. The van der Waals surface area contributed by atoms with Crippen molar-refractivity contribution in [1.29, 1.82) is 0 Å². The van der Waals surface area contributed by atoms with Gasteiger partial charge in [0.1, 0.15) is 11.4 Å². The molecule has 5 nitrogen and oxygen atoms in total. The summed E-state index contributed by atoms with van der Waals surface area (Å²) in [6, 6.07) is 74.2. The van der Waals surface area contributed by atoms with E-state index in [1.165, 1.54) is 22.3 Å². The van der Waals surface area contributed by atoms with Gasteiger partial charge in [-0.3, -0.25) is 9.97 Å². The molecule has 0 N–H and O–H groups in total. The Labute approximate surface area is 349 Å². The highest BCUT2D eigenvalue weighted by atomic mass is 15.1. The molecule has 0 spiro atoms. The minimum Gasteiger partial charge on any atom is -0.253 e. The Bertz CT molecular complexity index is 2990. The lowest BCUT2D eigenvalue weighted by Crippen LogP contribution is -2.02. The third-order valence-electron chi connectivity index (χ3n) is 10.7. The summed E-state index contributed by atoms with van der Waals surface area (Å²) in [5.74, 6) is 1.51. The summed E-state index contributed by atoms with van der Waals surface area (Å²) in [6.07, 6.45) is 3.50. The highest BCUT2D eigenvalue weighted by Crippen LogP contribution is 2.40. The Hall–Kier alpha value is -8.15. The van der Waals surface area contributed by atoms with Crippen LogP contribution in [-0.4, -0.2) is 24.9 Å². The number of hydrogen-bond acceptors (Lipinski definition) is 5. The van der Waals surface area contributed by atoms with Crippen molar-refractivity contribution in [2.75, 3.05) is 0 Å². The molecule has 60 heavy (non-hydrogen) atoms. The Kier molecular flexibility index (Phi) is 9.88. The topological polar surface area (TPSA) is 64.5 Å². The molecule has 0 aliphatic heterocycles. The van der Waals surface area contributed by atoms with E-state index >= 15 is 0 Å². The monoisotopic (exact) mass is 767 g/mol. The largest absolute Gasteiger partial charge is 0.253 e. The lowest BCUT2D eigenvalue weighted by molar-refractivity contribution is 1.05. The minimum absolute atomic E-state index is 0.486. The number of hydrogen-bond donors (Lipinski definition) is 0. The van der Waals surface area contributed by atoms with Crippen molar-refractivity contribution in [2.45, 2.75) is 0 Å². The smallest absolute Gasteiger partial charge is 0.182 e. The van der Waals surface area contributed by atoms with Crippen LogP contribution in [0.4, 0.5) is 0 Å². The molecule has 0 atom stereocenters. The van der Waals surface area contributed by atoms with Gasteiger partial charge in [0, 0.05) is 18.0 Å². The first kappa shape index (κ1) is 36.2. The molecule has 10 aromatic rings. The molecule has 282 valence electrons. The molecule has 10 rings (SSSR count). The third-order valence-corrected chi connectivity index (χ3v) is 10.7. The van der Waals surface area contributed by atoms with Crippen LogP contribution in [0.15, 0.2) is 225 Å². The van der Waals surface area contributed by atoms with Crippen LogP contribution in [0.2, 0.25) is 0 Å². The molecule has 0 aliphatic carbocycles. The standard InChI is InChI=1S/C55H37N5/c1-4-15-38(16-5-1)40-25-27-41(28-26-40)46-34-47(44-22-14-21-43(33-44)39-17-6-2-7-18-39)36-48(35-46)49-30-29-45(37-50(49)42-19-8-3-9-20-42)53-58-54(51-23-10-12-31-56-51)60-55(59-53)52-24-11-13-32-57-52/h1-37H. The summed E-state index contributed by atoms with van der Waals surface area (Å²) < 4.78 is 0. The maximum atomic E-state index is 4.99. The van der Waals surface area contributed by atoms with Gasteiger partial charge in [0.15, 0.2) is 17.5 Å². The summed E-state index contributed by atoms with van der Waals surface area (Å²) in [5.41, 5.74) is 15.8. The first-order valence-electron chi connectivity index (χ1n) is 20.0. The fourth-order valence-corrected chi connectivity index (χ4v) is 7.63. The van der Waals surface area contributed by atoms with Crippen LogP contribution >= 0.6 is 0 Å². The first-order chi connectivity index (χ1) is 29.7. The second-order valence-electron chi connectivity index (χ2n) is 14.6. The van der Waals surface area contributed by atoms with Gasteiger partial charge in [0.2, 0.25) is 0 Å². The number of benzene rings is 7. The molecule has 0 radical (unpaired) electrons. The highest BCUT2D eigenvalue weighted by molar-refractivity contribution is 5.91. The van der Waals surface area contributed by atoms with Crippen LogP contribution in [0, 0.1) is 0 Å². The first-order valence-corrected chi connectivity index (χ1v) is 20.0. The molecular weight excluding hydrogens is 731 g/mol. The zero-order valence-corrected chi connectivity index (χ0v) is 32.6. The molecule has 0 bridgehead atoms. The molecule has 7 aromatic carbocycles. The van der Waals surface area contributed by atoms with E-state index < -0.39 is 0 Å². The Morgan fingerprint density at radius 3 is 1.18 bits per heavy atom. The van der Waals surface area contributed by atoms with Gasteiger partial charge in [-0.2, -0.15) is 0 Å². The maximum Gasteiger partial charge on any atom is 0.182 e. The van der Waals surface area contributed by atoms with Crippen molar-refractivity contribution in [2.24, 2.45) is 0 Å². The molecule has 0 amide bonds. The predicted molar refractivity (Wildman–Crippen MR) is 244 cm³/mol. The van der Waals surface area contributed by atoms with E-state index in [1.54, 1.807) is 12.4 Å². The average Bonchev–Trinajstić information content (AvgIpc) is 3.35. The maximum absolute atomic E-state index is 4.99. The van der Waals surface area contributed by atoms with E-state index in [-0.39, 0.29) is 0 Å². The van der Waals surface area contributed by atoms with E-state index in [9.17, 15) is 0 Å². The van der Waals surface area contributed by atoms with Crippen LogP contribution in [0.5, 0.6) is 0 Å². The number of aromatic nitrogens is 5. The molecule has 0 fully saturated rings. The van der Waals surface area contributed by atoms with Gasteiger partial charge in [-0.05, 0) is 121 Å². The van der Waals surface area contributed by atoms with Crippen LogP contribution in [0.3, 0.4) is 0 Å². The lowest BCUT2D eigenvalue weighted by atomic mass is 9.88. The van der Waals surface area contributed by atoms with Gasteiger partial charge in [0.05, 0.1) is 0 Å². The van der Waals surface area contributed by atoms with Crippen molar-refractivity contribution in [3.63, 3.8) is 0 Å². The molecule has 3 heterocycles. The Morgan fingerprint density at radius 2 is 0.617 bits per heavy atom. The van der Waals surface area contributed by atoms with Crippen molar-refractivity contribution in [3.8, 4) is 101 Å². The lowest BCUT2D eigenvalue weighted by Gasteiger charge is -2.17. The van der Waals surface area contributed by atoms with E-state index in [4.69, 9.17) is 15.0 Å². The number of nitrogens with zero attached hydrogens (tertiary/aromatic N) is 5. The second kappa shape index (κ2) is 16.4.